The Morgan fingerprint density at radius 3 is 2.59 bits per heavy atom. The van der Waals surface area contributed by atoms with E-state index in [0.717, 1.165) is 0 Å². The minimum Gasteiger partial charge on any atom is -0.507 e. The highest BCUT2D eigenvalue weighted by Crippen LogP contribution is 2.20. The molecular formula is C12H8N2O3. The van der Waals surface area contributed by atoms with Gasteiger partial charge in [-0.05, 0) is 23.8 Å². The topological polar surface area (TPSA) is 94.1 Å². The third kappa shape index (κ3) is 2.83. The van der Waals surface area contributed by atoms with Crippen molar-refractivity contribution in [1.29, 1.82) is 10.5 Å². The Balaban J connectivity index is 3.24. The molecular weight excluding hydrogens is 220 g/mol. The number of ether oxygens (including phenoxy) is 1. The van der Waals surface area contributed by atoms with Crippen LogP contribution in [0.5, 0.6) is 5.75 Å². The van der Waals surface area contributed by atoms with Gasteiger partial charge in [0.25, 0.3) is 0 Å². The second-order valence-electron chi connectivity index (χ2n) is 3.05. The number of hydrogen-bond donors (Lipinski definition) is 1. The first-order valence-electron chi connectivity index (χ1n) is 4.55. The second kappa shape index (κ2) is 5.34. The number of phenolic OH excluding ortho intramolecular Hbond substituents is 1. The van der Waals surface area contributed by atoms with Gasteiger partial charge in [0.1, 0.15) is 29.0 Å². The highest BCUT2D eigenvalue weighted by Gasteiger charge is 2.11. The van der Waals surface area contributed by atoms with Crippen LogP contribution in [0, 0.1) is 22.7 Å². The molecule has 0 heterocycles. The van der Waals surface area contributed by atoms with Crippen molar-refractivity contribution in [2.24, 2.45) is 0 Å². The predicted molar refractivity (Wildman–Crippen MR) is 58.6 cm³/mol. The van der Waals surface area contributed by atoms with Crippen molar-refractivity contribution >= 4 is 12.0 Å². The molecule has 1 aromatic carbocycles. The van der Waals surface area contributed by atoms with Crippen molar-refractivity contribution in [2.75, 3.05) is 7.11 Å². The van der Waals surface area contributed by atoms with Crippen molar-refractivity contribution < 1.29 is 14.6 Å². The fourth-order valence-corrected chi connectivity index (χ4v) is 1.17. The Morgan fingerprint density at radius 1 is 1.41 bits per heavy atom. The number of methoxy groups -OCH3 is 1. The third-order valence-corrected chi connectivity index (χ3v) is 1.98. The summed E-state index contributed by atoms with van der Waals surface area (Å²) in [5.41, 5.74) is 0.351. The molecule has 84 valence electrons. The van der Waals surface area contributed by atoms with E-state index in [4.69, 9.17) is 10.5 Å². The van der Waals surface area contributed by atoms with Crippen LogP contribution in [0.3, 0.4) is 0 Å². The van der Waals surface area contributed by atoms with Crippen LogP contribution in [-0.4, -0.2) is 18.2 Å². The summed E-state index contributed by atoms with van der Waals surface area (Å²) < 4.78 is 4.48. The molecule has 1 N–H and O–H groups in total. The van der Waals surface area contributed by atoms with Crippen molar-refractivity contribution in [3.05, 3.63) is 34.9 Å². The number of nitriles is 2. The van der Waals surface area contributed by atoms with Crippen LogP contribution in [0.1, 0.15) is 15.9 Å². The smallest absolute Gasteiger partial charge is 0.341 e. The maximum absolute atomic E-state index is 11.3. The van der Waals surface area contributed by atoms with Crippen molar-refractivity contribution in [1.82, 2.24) is 0 Å². The molecule has 5 nitrogen and oxygen atoms in total. The number of carbonyl (C=O) groups is 1. The summed E-state index contributed by atoms with van der Waals surface area (Å²) in [7, 11) is 1.19. The molecule has 0 saturated carbocycles. The SMILES string of the molecule is COC(=O)c1cc(C=C(C#N)C#N)ccc1O. The Labute approximate surface area is 97.8 Å². The quantitative estimate of drug-likeness (QED) is 0.613. The minimum absolute atomic E-state index is 0.0171. The average Bonchev–Trinajstić information content (AvgIpc) is 2.36. The first kappa shape index (κ1) is 12.3. The van der Waals surface area contributed by atoms with Gasteiger partial charge in [-0.1, -0.05) is 6.07 Å². The summed E-state index contributed by atoms with van der Waals surface area (Å²) in [5, 5.41) is 26.6. The Morgan fingerprint density at radius 2 is 2.06 bits per heavy atom. The molecule has 0 aliphatic heterocycles. The number of nitrogens with zero attached hydrogens (tertiary/aromatic N) is 2. The van der Waals surface area contributed by atoms with E-state index >= 15 is 0 Å². The predicted octanol–water partition coefficient (Wildman–Crippen LogP) is 1.61. The molecule has 0 bridgehead atoms. The number of rotatable bonds is 2. The summed E-state index contributed by atoms with van der Waals surface area (Å²) in [4.78, 5) is 11.3. The molecule has 0 fully saturated rings. The van der Waals surface area contributed by atoms with Crippen LogP contribution < -0.4 is 0 Å². The molecule has 0 aromatic heterocycles. The standard InChI is InChI=1S/C12H8N2O3/c1-17-12(16)10-5-8(2-3-11(10)15)4-9(6-13)7-14/h2-5,15H,1H3. The molecule has 0 radical (unpaired) electrons. The highest BCUT2D eigenvalue weighted by atomic mass is 16.5. The van der Waals surface area contributed by atoms with Crippen LogP contribution in [0.4, 0.5) is 0 Å². The van der Waals surface area contributed by atoms with E-state index in [2.05, 4.69) is 4.74 Å². The van der Waals surface area contributed by atoms with Gasteiger partial charge in [-0.25, -0.2) is 4.79 Å². The summed E-state index contributed by atoms with van der Waals surface area (Å²) in [6, 6.07) is 7.52. The van der Waals surface area contributed by atoms with Crippen LogP contribution in [0.2, 0.25) is 0 Å². The molecule has 0 spiro atoms. The lowest BCUT2D eigenvalue weighted by atomic mass is 10.1. The van der Waals surface area contributed by atoms with Gasteiger partial charge in [0, 0.05) is 0 Å². The summed E-state index contributed by atoms with van der Waals surface area (Å²) >= 11 is 0. The number of allylic oxidation sites excluding steroid dienone is 1. The normalized spacial score (nSPS) is 8.65. The van der Waals surface area contributed by atoms with Gasteiger partial charge in [-0.3, -0.25) is 0 Å². The van der Waals surface area contributed by atoms with Gasteiger partial charge in [-0.15, -0.1) is 0 Å². The number of benzene rings is 1. The maximum Gasteiger partial charge on any atom is 0.341 e. The van der Waals surface area contributed by atoms with Crippen molar-refractivity contribution in [2.45, 2.75) is 0 Å². The van der Waals surface area contributed by atoms with Gasteiger partial charge in [-0.2, -0.15) is 10.5 Å². The lowest BCUT2D eigenvalue weighted by Gasteiger charge is -2.03. The lowest BCUT2D eigenvalue weighted by Crippen LogP contribution is -2.01. The Hall–Kier alpha value is -2.79. The van der Waals surface area contributed by atoms with Gasteiger partial charge in [0.05, 0.1) is 7.11 Å². The van der Waals surface area contributed by atoms with Gasteiger partial charge in [0.2, 0.25) is 0 Å². The summed E-state index contributed by atoms with van der Waals surface area (Å²) in [5.74, 6) is -0.905. The van der Waals surface area contributed by atoms with E-state index in [-0.39, 0.29) is 16.9 Å². The molecule has 0 amide bonds. The largest absolute Gasteiger partial charge is 0.507 e. The summed E-state index contributed by atoms with van der Waals surface area (Å²) in [6.07, 6.45) is 1.31. The Bertz CT molecular complexity index is 546. The van der Waals surface area contributed by atoms with Gasteiger partial charge >= 0.3 is 5.97 Å². The van der Waals surface area contributed by atoms with Crippen molar-refractivity contribution in [3.8, 4) is 17.9 Å². The van der Waals surface area contributed by atoms with E-state index in [9.17, 15) is 9.90 Å². The molecule has 0 saturated heterocycles. The molecule has 1 rings (SSSR count). The first-order chi connectivity index (χ1) is 8.12. The van der Waals surface area contributed by atoms with Crippen LogP contribution >= 0.6 is 0 Å². The monoisotopic (exact) mass is 228 g/mol. The van der Waals surface area contributed by atoms with Gasteiger partial charge in [0.15, 0.2) is 0 Å². The van der Waals surface area contributed by atoms with E-state index in [1.807, 2.05) is 0 Å². The van der Waals surface area contributed by atoms with Crippen LogP contribution in [0.25, 0.3) is 6.08 Å². The second-order valence-corrected chi connectivity index (χ2v) is 3.05. The van der Waals surface area contributed by atoms with Crippen LogP contribution in [0.15, 0.2) is 23.8 Å². The number of esters is 1. The van der Waals surface area contributed by atoms with Crippen LogP contribution in [-0.2, 0) is 4.74 Å². The van der Waals surface area contributed by atoms with E-state index in [1.54, 1.807) is 12.1 Å². The van der Waals surface area contributed by atoms with Crippen molar-refractivity contribution in [3.63, 3.8) is 0 Å². The molecule has 0 atom stereocenters. The molecule has 0 aliphatic carbocycles. The minimum atomic E-state index is -0.687. The molecule has 17 heavy (non-hydrogen) atoms. The fraction of sp³-hybridized carbons (Fsp3) is 0.0833. The third-order valence-electron chi connectivity index (χ3n) is 1.98. The molecule has 1 aromatic rings. The number of phenols is 1. The maximum atomic E-state index is 11.3. The molecule has 0 unspecified atom stereocenters. The number of hydrogen-bond acceptors (Lipinski definition) is 5. The number of carbonyl (C=O) groups excluding carboxylic acids is 1. The Kier molecular flexibility index (Phi) is 3.86. The zero-order valence-electron chi connectivity index (χ0n) is 8.97. The fourth-order valence-electron chi connectivity index (χ4n) is 1.17. The first-order valence-corrected chi connectivity index (χ1v) is 4.55. The van der Waals surface area contributed by atoms with E-state index in [0.29, 0.717) is 5.56 Å². The zero-order valence-corrected chi connectivity index (χ0v) is 8.97. The van der Waals surface area contributed by atoms with E-state index < -0.39 is 5.97 Å². The highest BCUT2D eigenvalue weighted by molar-refractivity contribution is 5.93. The molecule has 0 aliphatic rings. The lowest BCUT2D eigenvalue weighted by molar-refractivity contribution is 0.0597. The van der Waals surface area contributed by atoms with Gasteiger partial charge < -0.3 is 9.84 Å². The average molecular weight is 228 g/mol. The summed E-state index contributed by atoms with van der Waals surface area (Å²) in [6.45, 7) is 0. The van der Waals surface area contributed by atoms with E-state index in [1.165, 1.54) is 31.4 Å². The zero-order chi connectivity index (χ0) is 12.8. The molecule has 5 heteroatoms. The number of aromatic hydroxyl groups is 1.